The van der Waals surface area contributed by atoms with E-state index in [1.165, 1.54) is 6.08 Å². The van der Waals surface area contributed by atoms with Crippen LogP contribution in [0.3, 0.4) is 0 Å². The van der Waals surface area contributed by atoms with E-state index in [4.69, 9.17) is 11.6 Å². The predicted molar refractivity (Wildman–Crippen MR) is 78.2 cm³/mol. The summed E-state index contributed by atoms with van der Waals surface area (Å²) < 4.78 is 0. The van der Waals surface area contributed by atoms with Gasteiger partial charge in [-0.3, -0.25) is 4.79 Å². The summed E-state index contributed by atoms with van der Waals surface area (Å²) in [5.74, 6) is -0.164. The van der Waals surface area contributed by atoms with Gasteiger partial charge in [-0.25, -0.2) is 0 Å². The topological polar surface area (TPSA) is 29.1 Å². The smallest absolute Gasteiger partial charge is 0.248 e. The Labute approximate surface area is 115 Å². The highest BCUT2D eigenvalue weighted by atomic mass is 35.5. The number of hydrogen-bond donors (Lipinski definition) is 1. The Morgan fingerprint density at radius 1 is 1.39 bits per heavy atom. The molecule has 0 aliphatic heterocycles. The van der Waals surface area contributed by atoms with Crippen LogP contribution in [0.25, 0.3) is 6.08 Å². The second kappa shape index (κ2) is 5.85. The van der Waals surface area contributed by atoms with E-state index in [0.29, 0.717) is 10.7 Å². The Kier molecular flexibility index (Phi) is 4.18. The summed E-state index contributed by atoms with van der Waals surface area (Å²) in [7, 11) is 0. The first kappa shape index (κ1) is 12.9. The van der Waals surface area contributed by atoms with Gasteiger partial charge >= 0.3 is 0 Å². The lowest BCUT2D eigenvalue weighted by Crippen LogP contribution is -2.07. The van der Waals surface area contributed by atoms with Crippen molar-refractivity contribution in [3.63, 3.8) is 0 Å². The summed E-state index contributed by atoms with van der Waals surface area (Å²) in [5.41, 5.74) is 1.69. The van der Waals surface area contributed by atoms with Gasteiger partial charge in [0.15, 0.2) is 0 Å². The van der Waals surface area contributed by atoms with Crippen LogP contribution in [0, 0.1) is 6.92 Å². The zero-order valence-electron chi connectivity index (χ0n) is 9.81. The molecule has 92 valence electrons. The van der Waals surface area contributed by atoms with Crippen molar-refractivity contribution in [2.75, 3.05) is 5.32 Å². The number of benzene rings is 1. The van der Waals surface area contributed by atoms with Crippen LogP contribution in [-0.4, -0.2) is 5.91 Å². The van der Waals surface area contributed by atoms with E-state index >= 15 is 0 Å². The van der Waals surface area contributed by atoms with E-state index in [0.717, 1.165) is 10.4 Å². The minimum Gasteiger partial charge on any atom is -0.322 e. The third kappa shape index (κ3) is 3.45. The maximum atomic E-state index is 11.7. The highest BCUT2D eigenvalue weighted by Gasteiger charge is 2.00. The molecular weight excluding hydrogens is 266 g/mol. The zero-order chi connectivity index (χ0) is 13.0. The van der Waals surface area contributed by atoms with Crippen LogP contribution in [0.15, 0.2) is 41.8 Å². The van der Waals surface area contributed by atoms with Crippen LogP contribution in [-0.2, 0) is 4.79 Å². The highest BCUT2D eigenvalue weighted by Crippen LogP contribution is 2.20. The van der Waals surface area contributed by atoms with Crippen LogP contribution in [0.5, 0.6) is 0 Å². The second-order valence-electron chi connectivity index (χ2n) is 3.80. The molecule has 0 saturated carbocycles. The van der Waals surface area contributed by atoms with Gasteiger partial charge in [0.05, 0.1) is 0 Å². The summed E-state index contributed by atoms with van der Waals surface area (Å²) in [6.45, 7) is 1.92. The number of anilines is 1. The van der Waals surface area contributed by atoms with Crippen LogP contribution < -0.4 is 5.32 Å². The Morgan fingerprint density at radius 2 is 2.22 bits per heavy atom. The summed E-state index contributed by atoms with van der Waals surface area (Å²) >= 11 is 7.58. The largest absolute Gasteiger partial charge is 0.322 e. The maximum absolute atomic E-state index is 11.7. The average molecular weight is 278 g/mol. The zero-order valence-corrected chi connectivity index (χ0v) is 11.4. The van der Waals surface area contributed by atoms with Crippen LogP contribution in [0.4, 0.5) is 5.69 Å². The Morgan fingerprint density at radius 3 is 2.89 bits per heavy atom. The van der Waals surface area contributed by atoms with E-state index in [1.807, 2.05) is 36.6 Å². The van der Waals surface area contributed by atoms with E-state index < -0.39 is 0 Å². The lowest BCUT2D eigenvalue weighted by molar-refractivity contribution is -0.111. The molecule has 0 radical (unpaired) electrons. The molecule has 0 aliphatic rings. The minimum absolute atomic E-state index is 0.164. The highest BCUT2D eigenvalue weighted by molar-refractivity contribution is 7.10. The molecule has 1 aromatic heterocycles. The fraction of sp³-hybridized carbons (Fsp3) is 0.0714. The first-order valence-corrected chi connectivity index (χ1v) is 6.69. The first-order valence-electron chi connectivity index (χ1n) is 5.44. The van der Waals surface area contributed by atoms with E-state index in [-0.39, 0.29) is 5.91 Å². The monoisotopic (exact) mass is 277 g/mol. The van der Waals surface area contributed by atoms with E-state index in [1.54, 1.807) is 23.5 Å². The Bertz CT molecular complexity index is 575. The fourth-order valence-electron chi connectivity index (χ4n) is 1.40. The number of amides is 1. The molecule has 0 fully saturated rings. The molecule has 1 aromatic carbocycles. The molecule has 0 aliphatic carbocycles. The van der Waals surface area contributed by atoms with Crippen LogP contribution >= 0.6 is 22.9 Å². The number of carbonyl (C=O) groups is 1. The van der Waals surface area contributed by atoms with Crippen molar-refractivity contribution in [3.05, 3.63) is 57.3 Å². The van der Waals surface area contributed by atoms with Crippen molar-refractivity contribution in [1.29, 1.82) is 0 Å². The van der Waals surface area contributed by atoms with Gasteiger partial charge in [0.1, 0.15) is 0 Å². The molecule has 4 heteroatoms. The van der Waals surface area contributed by atoms with Gasteiger partial charge in [0.25, 0.3) is 0 Å². The molecule has 1 N–H and O–H groups in total. The third-order valence-electron chi connectivity index (χ3n) is 2.38. The summed E-state index contributed by atoms with van der Waals surface area (Å²) in [5, 5.41) is 5.38. The number of thiophene rings is 1. The summed E-state index contributed by atoms with van der Waals surface area (Å²) in [4.78, 5) is 12.7. The molecular formula is C14H12ClNOS. The summed E-state index contributed by atoms with van der Waals surface area (Å²) in [6.07, 6.45) is 3.30. The van der Waals surface area contributed by atoms with Crippen molar-refractivity contribution in [2.45, 2.75) is 6.92 Å². The van der Waals surface area contributed by atoms with Gasteiger partial charge in [0, 0.05) is 21.7 Å². The number of aryl methyl sites for hydroxylation is 1. The minimum atomic E-state index is -0.164. The van der Waals surface area contributed by atoms with Gasteiger partial charge < -0.3 is 5.32 Å². The molecule has 2 aromatic rings. The third-order valence-corrected chi connectivity index (χ3v) is 3.63. The van der Waals surface area contributed by atoms with Crippen molar-refractivity contribution in [1.82, 2.24) is 0 Å². The standard InChI is InChI=1S/C14H12ClNOS/c1-10-4-5-11(9-13(10)15)16-14(17)7-6-12-3-2-8-18-12/h2-9H,1H3,(H,16,17)/b7-6-. The molecule has 2 rings (SSSR count). The molecule has 1 amide bonds. The van der Waals surface area contributed by atoms with Crippen LogP contribution in [0.1, 0.15) is 10.4 Å². The number of hydrogen-bond acceptors (Lipinski definition) is 2. The molecule has 2 nitrogen and oxygen atoms in total. The number of carbonyl (C=O) groups excluding carboxylic acids is 1. The van der Waals surface area contributed by atoms with Crippen molar-refractivity contribution < 1.29 is 4.79 Å². The molecule has 0 bridgehead atoms. The summed E-state index contributed by atoms with van der Waals surface area (Å²) in [6, 6.07) is 9.35. The van der Waals surface area contributed by atoms with Gasteiger partial charge in [-0.15, -0.1) is 11.3 Å². The SMILES string of the molecule is Cc1ccc(NC(=O)/C=C\c2cccs2)cc1Cl. The van der Waals surface area contributed by atoms with Gasteiger partial charge in [-0.1, -0.05) is 23.7 Å². The fourth-order valence-corrected chi connectivity index (χ4v) is 2.20. The average Bonchev–Trinajstić information content (AvgIpc) is 2.84. The lowest BCUT2D eigenvalue weighted by atomic mass is 10.2. The number of nitrogens with one attached hydrogen (secondary N) is 1. The molecule has 0 atom stereocenters. The van der Waals surface area contributed by atoms with Crippen LogP contribution in [0.2, 0.25) is 5.02 Å². The maximum Gasteiger partial charge on any atom is 0.248 e. The molecule has 18 heavy (non-hydrogen) atoms. The quantitative estimate of drug-likeness (QED) is 0.830. The van der Waals surface area contributed by atoms with Gasteiger partial charge in [0.2, 0.25) is 5.91 Å². The van der Waals surface area contributed by atoms with Gasteiger partial charge in [-0.2, -0.15) is 0 Å². The van der Waals surface area contributed by atoms with Crippen molar-refractivity contribution in [3.8, 4) is 0 Å². The predicted octanol–water partition coefficient (Wildman–Crippen LogP) is 4.36. The van der Waals surface area contributed by atoms with Crippen molar-refractivity contribution >= 4 is 40.6 Å². The van der Waals surface area contributed by atoms with Gasteiger partial charge in [-0.05, 0) is 42.1 Å². The van der Waals surface area contributed by atoms with E-state index in [2.05, 4.69) is 5.32 Å². The molecule has 0 unspecified atom stereocenters. The van der Waals surface area contributed by atoms with E-state index in [9.17, 15) is 4.79 Å². The first-order chi connectivity index (χ1) is 8.65. The number of rotatable bonds is 3. The normalized spacial score (nSPS) is 10.8. The molecule has 0 saturated heterocycles. The second-order valence-corrected chi connectivity index (χ2v) is 5.19. The Balaban J connectivity index is 2.01. The Hall–Kier alpha value is -1.58. The lowest BCUT2D eigenvalue weighted by Gasteiger charge is -2.04. The molecule has 1 heterocycles. The number of halogens is 1. The van der Waals surface area contributed by atoms with Crippen molar-refractivity contribution in [2.24, 2.45) is 0 Å². The molecule has 0 spiro atoms.